The molecule has 1 heterocycles. The Hall–Kier alpha value is -1.70. The van der Waals surface area contributed by atoms with E-state index in [1.165, 1.54) is 0 Å². The fraction of sp³-hybridized carbons (Fsp3) is 0.143. The molecular weight excluding hydrogens is 166 g/mol. The first-order valence-electron chi connectivity index (χ1n) is 2.98. The zero-order valence-corrected chi connectivity index (χ0v) is 5.92. The fourth-order valence-corrected chi connectivity index (χ4v) is 0.544. The van der Waals surface area contributed by atoms with Crippen LogP contribution in [0.5, 0.6) is 5.88 Å². The molecule has 0 aliphatic heterocycles. The summed E-state index contributed by atoms with van der Waals surface area (Å²) in [4.78, 5) is 6.30. The van der Waals surface area contributed by atoms with Crippen LogP contribution in [0.25, 0.3) is 0 Å². The van der Waals surface area contributed by atoms with E-state index in [1.54, 1.807) is 0 Å². The first kappa shape index (κ1) is 8.40. The molecule has 0 bridgehead atoms. The second kappa shape index (κ2) is 3.62. The Morgan fingerprint density at radius 3 is 2.92 bits per heavy atom. The Bertz CT molecular complexity index is 322. The predicted molar refractivity (Wildman–Crippen MR) is 36.3 cm³/mol. The van der Waals surface area contributed by atoms with E-state index in [1.807, 2.05) is 0 Å². The van der Waals surface area contributed by atoms with Crippen LogP contribution in [0.1, 0.15) is 0 Å². The van der Waals surface area contributed by atoms with Gasteiger partial charge in [0.15, 0.2) is 6.61 Å². The maximum absolute atomic E-state index is 12.6. The lowest BCUT2D eigenvalue weighted by molar-refractivity contribution is 0.317. The van der Waals surface area contributed by atoms with Gasteiger partial charge in [0.2, 0.25) is 5.82 Å². The molecule has 62 valence electrons. The van der Waals surface area contributed by atoms with Crippen molar-refractivity contribution < 1.29 is 13.5 Å². The van der Waals surface area contributed by atoms with E-state index in [-0.39, 0.29) is 6.61 Å². The largest absolute Gasteiger partial charge is 0.462 e. The summed E-state index contributed by atoms with van der Waals surface area (Å²) in [5.74, 6) is -0.862. The zero-order chi connectivity index (χ0) is 8.97. The van der Waals surface area contributed by atoms with E-state index in [9.17, 15) is 8.78 Å². The van der Waals surface area contributed by atoms with Gasteiger partial charge in [-0.1, -0.05) is 5.92 Å². The minimum absolute atomic E-state index is 0.159. The van der Waals surface area contributed by atoms with E-state index < -0.39 is 17.6 Å². The van der Waals surface area contributed by atoms with Crippen molar-refractivity contribution in [1.29, 1.82) is 0 Å². The number of nitrogens with zero attached hydrogens (tertiary/aromatic N) is 2. The highest BCUT2D eigenvalue weighted by atomic mass is 19.2. The first-order chi connectivity index (χ1) is 5.75. The third-order valence-corrected chi connectivity index (χ3v) is 1.01. The molecule has 0 aromatic carbocycles. The Kier molecular flexibility index (Phi) is 2.53. The number of ether oxygens (including phenoxy) is 1. The quantitative estimate of drug-likeness (QED) is 0.485. The van der Waals surface area contributed by atoms with Gasteiger partial charge < -0.3 is 4.74 Å². The minimum Gasteiger partial charge on any atom is -0.462 e. The van der Waals surface area contributed by atoms with Crippen molar-refractivity contribution in [2.24, 2.45) is 0 Å². The molecule has 0 radical (unpaired) electrons. The predicted octanol–water partition coefficient (Wildman–Crippen LogP) is 0.767. The molecule has 12 heavy (non-hydrogen) atoms. The van der Waals surface area contributed by atoms with Gasteiger partial charge >= 0.3 is 0 Å². The standard InChI is InChI=1S/C7H4F2N2O/c1-2-3-12-7-5(8)6(9)10-4-11-7/h1,4H,3H2. The molecule has 5 heteroatoms. The Balaban J connectivity index is 2.86. The average Bonchev–Trinajstić information content (AvgIpc) is 2.08. The molecule has 0 saturated heterocycles. The first-order valence-corrected chi connectivity index (χ1v) is 2.98. The number of aromatic nitrogens is 2. The lowest BCUT2D eigenvalue weighted by Crippen LogP contribution is -2.01. The van der Waals surface area contributed by atoms with Crippen LogP contribution >= 0.6 is 0 Å². The molecule has 0 fully saturated rings. The lowest BCUT2D eigenvalue weighted by Gasteiger charge is -2.00. The molecule has 0 saturated carbocycles. The molecule has 1 aromatic rings. The molecule has 0 atom stereocenters. The zero-order valence-electron chi connectivity index (χ0n) is 5.92. The van der Waals surface area contributed by atoms with Crippen LogP contribution in [0, 0.1) is 24.1 Å². The maximum Gasteiger partial charge on any atom is 0.257 e. The normalized spacial score (nSPS) is 9.08. The van der Waals surface area contributed by atoms with Crippen LogP contribution in [0.3, 0.4) is 0 Å². The number of terminal acetylenes is 1. The highest BCUT2D eigenvalue weighted by Gasteiger charge is 2.10. The average molecular weight is 170 g/mol. The van der Waals surface area contributed by atoms with Crippen LogP contribution in [0.4, 0.5) is 8.78 Å². The van der Waals surface area contributed by atoms with Crippen molar-refractivity contribution in [2.45, 2.75) is 0 Å². The number of rotatable bonds is 2. The number of hydrogen-bond acceptors (Lipinski definition) is 3. The highest BCUT2D eigenvalue weighted by molar-refractivity contribution is 5.10. The van der Waals surface area contributed by atoms with Gasteiger partial charge in [-0.2, -0.15) is 13.8 Å². The van der Waals surface area contributed by atoms with Crippen molar-refractivity contribution in [1.82, 2.24) is 9.97 Å². The third-order valence-electron chi connectivity index (χ3n) is 1.01. The Labute approximate surface area is 67.4 Å². The van der Waals surface area contributed by atoms with Crippen molar-refractivity contribution in [3.8, 4) is 18.2 Å². The smallest absolute Gasteiger partial charge is 0.257 e. The van der Waals surface area contributed by atoms with Crippen molar-refractivity contribution in [3.63, 3.8) is 0 Å². The Morgan fingerprint density at radius 1 is 1.50 bits per heavy atom. The van der Waals surface area contributed by atoms with E-state index in [4.69, 9.17) is 6.42 Å². The van der Waals surface area contributed by atoms with Crippen molar-refractivity contribution >= 4 is 0 Å². The summed E-state index contributed by atoms with van der Waals surface area (Å²) in [7, 11) is 0. The second-order valence-corrected chi connectivity index (χ2v) is 1.78. The summed E-state index contributed by atoms with van der Waals surface area (Å²) in [5, 5.41) is 0. The molecule has 1 aromatic heterocycles. The van der Waals surface area contributed by atoms with Gasteiger partial charge in [-0.3, -0.25) is 0 Å². The lowest BCUT2D eigenvalue weighted by atomic mass is 10.6. The van der Waals surface area contributed by atoms with Gasteiger partial charge in [0, 0.05) is 0 Å². The molecule has 0 aliphatic rings. The van der Waals surface area contributed by atoms with Gasteiger partial charge in [-0.25, -0.2) is 4.98 Å². The SMILES string of the molecule is C#CCOc1ncnc(F)c1F. The monoisotopic (exact) mass is 170 g/mol. The molecule has 0 amide bonds. The van der Waals surface area contributed by atoms with E-state index >= 15 is 0 Å². The van der Waals surface area contributed by atoms with Crippen LogP contribution in [0.2, 0.25) is 0 Å². The summed E-state index contributed by atoms with van der Waals surface area (Å²) in [6.07, 6.45) is 5.68. The molecule has 1 rings (SSSR count). The second-order valence-electron chi connectivity index (χ2n) is 1.78. The van der Waals surface area contributed by atoms with Crippen LogP contribution in [-0.4, -0.2) is 16.6 Å². The summed E-state index contributed by atoms with van der Waals surface area (Å²) < 4.78 is 29.5. The van der Waals surface area contributed by atoms with Crippen LogP contribution < -0.4 is 4.74 Å². The van der Waals surface area contributed by atoms with Gasteiger partial charge in [0.1, 0.15) is 6.33 Å². The topological polar surface area (TPSA) is 35.0 Å². The Morgan fingerprint density at radius 2 is 2.25 bits per heavy atom. The van der Waals surface area contributed by atoms with Crippen molar-refractivity contribution in [2.75, 3.05) is 6.61 Å². The highest BCUT2D eigenvalue weighted by Crippen LogP contribution is 2.12. The van der Waals surface area contributed by atoms with E-state index in [2.05, 4.69) is 20.6 Å². The van der Waals surface area contributed by atoms with Crippen LogP contribution in [-0.2, 0) is 0 Å². The third kappa shape index (κ3) is 1.66. The van der Waals surface area contributed by atoms with Crippen molar-refractivity contribution in [3.05, 3.63) is 18.1 Å². The molecule has 0 spiro atoms. The van der Waals surface area contributed by atoms with Crippen LogP contribution in [0.15, 0.2) is 6.33 Å². The summed E-state index contributed by atoms with van der Waals surface area (Å²) in [5.41, 5.74) is 0. The molecule has 3 nitrogen and oxygen atoms in total. The van der Waals surface area contributed by atoms with E-state index in [0.717, 1.165) is 6.33 Å². The van der Waals surface area contributed by atoms with Gasteiger partial charge in [-0.15, -0.1) is 6.42 Å². The van der Waals surface area contributed by atoms with Gasteiger partial charge in [0.25, 0.3) is 11.8 Å². The summed E-state index contributed by atoms with van der Waals surface area (Å²) in [6.45, 7) is -0.159. The summed E-state index contributed by atoms with van der Waals surface area (Å²) >= 11 is 0. The van der Waals surface area contributed by atoms with Gasteiger partial charge in [0.05, 0.1) is 0 Å². The fourth-order valence-electron chi connectivity index (χ4n) is 0.544. The number of halogens is 2. The molecule has 0 aliphatic carbocycles. The van der Waals surface area contributed by atoms with E-state index in [0.29, 0.717) is 0 Å². The maximum atomic E-state index is 12.6. The minimum atomic E-state index is -1.25. The summed E-state index contributed by atoms with van der Waals surface area (Å²) in [6, 6.07) is 0. The molecule has 0 N–H and O–H groups in total. The molecular formula is C7H4F2N2O. The van der Waals surface area contributed by atoms with Gasteiger partial charge in [-0.05, 0) is 0 Å². The molecule has 0 unspecified atom stereocenters. The number of hydrogen-bond donors (Lipinski definition) is 0.